The minimum absolute atomic E-state index is 0.158. The maximum atomic E-state index is 12.1. The van der Waals surface area contributed by atoms with E-state index in [2.05, 4.69) is 29.5 Å². The van der Waals surface area contributed by atoms with E-state index in [9.17, 15) is 9.59 Å². The first kappa shape index (κ1) is 14.8. The zero-order valence-electron chi connectivity index (χ0n) is 12.4. The second-order valence-electron chi connectivity index (χ2n) is 6.19. The predicted molar refractivity (Wildman–Crippen MR) is 78.9 cm³/mol. The summed E-state index contributed by atoms with van der Waals surface area (Å²) >= 11 is 0. The van der Waals surface area contributed by atoms with Crippen molar-refractivity contribution >= 4 is 5.91 Å². The predicted octanol–water partition coefficient (Wildman–Crippen LogP) is 1.19. The van der Waals surface area contributed by atoms with Crippen molar-refractivity contribution in [1.29, 1.82) is 0 Å². The van der Waals surface area contributed by atoms with Gasteiger partial charge in [0, 0.05) is 18.3 Å². The molecule has 1 aliphatic heterocycles. The number of aromatic nitrogens is 1. The smallest absolute Gasteiger partial charge is 0.260 e. The molecule has 0 radical (unpaired) electrons. The van der Waals surface area contributed by atoms with E-state index >= 15 is 0 Å². The molecule has 1 atom stereocenters. The summed E-state index contributed by atoms with van der Waals surface area (Å²) in [6.45, 7) is 7.72. The van der Waals surface area contributed by atoms with Gasteiger partial charge in [-0.05, 0) is 43.9 Å². The van der Waals surface area contributed by atoms with Gasteiger partial charge >= 0.3 is 0 Å². The van der Waals surface area contributed by atoms with Crippen LogP contribution in [-0.2, 0) is 0 Å². The van der Waals surface area contributed by atoms with Crippen LogP contribution in [0.3, 0.4) is 0 Å². The average Bonchev–Trinajstić information content (AvgIpc) is 2.36. The fraction of sp³-hybridized carbons (Fsp3) is 0.600. The lowest BCUT2D eigenvalue weighted by atomic mass is 9.77. The number of H-pyrrole nitrogens is 1. The summed E-state index contributed by atoms with van der Waals surface area (Å²) in [7, 11) is 0. The van der Waals surface area contributed by atoms with Gasteiger partial charge in [-0.3, -0.25) is 9.59 Å². The summed E-state index contributed by atoms with van der Waals surface area (Å²) in [6.07, 6.45) is 2.31. The highest BCUT2D eigenvalue weighted by Gasteiger charge is 2.32. The zero-order valence-corrected chi connectivity index (χ0v) is 12.4. The number of piperidine rings is 1. The van der Waals surface area contributed by atoms with Gasteiger partial charge in [0.1, 0.15) is 5.56 Å². The largest absolute Gasteiger partial charge is 0.350 e. The van der Waals surface area contributed by atoms with E-state index in [1.807, 2.05) is 0 Å². The Bertz CT molecular complexity index is 548. The summed E-state index contributed by atoms with van der Waals surface area (Å²) < 4.78 is 0. The minimum atomic E-state index is -0.335. The van der Waals surface area contributed by atoms with E-state index in [4.69, 9.17) is 0 Å². The molecule has 5 heteroatoms. The monoisotopic (exact) mass is 277 g/mol. The van der Waals surface area contributed by atoms with E-state index in [-0.39, 0.29) is 28.5 Å². The molecule has 2 rings (SSSR count). The minimum Gasteiger partial charge on any atom is -0.350 e. The summed E-state index contributed by atoms with van der Waals surface area (Å²) in [5.74, 6) is -0.311. The Labute approximate surface area is 119 Å². The third-order valence-corrected chi connectivity index (χ3v) is 4.10. The average molecular weight is 277 g/mol. The standard InChI is InChI=1S/C15H23N3O2/c1-10-5-6-11(14(20)18-10)13(19)17-9-12-15(2,3)7-4-8-16-12/h5-6,12,16H,4,7-9H2,1-3H3,(H,17,19)(H,18,20). The van der Waals surface area contributed by atoms with Gasteiger partial charge in [0.15, 0.2) is 0 Å². The zero-order chi connectivity index (χ0) is 14.8. The highest BCUT2D eigenvalue weighted by molar-refractivity contribution is 5.93. The number of aryl methyl sites for hydroxylation is 1. The third-order valence-electron chi connectivity index (χ3n) is 4.10. The maximum Gasteiger partial charge on any atom is 0.260 e. The molecule has 1 saturated heterocycles. The molecule has 0 bridgehead atoms. The number of carbonyl (C=O) groups is 1. The molecule has 0 aliphatic carbocycles. The van der Waals surface area contributed by atoms with Crippen LogP contribution in [0.15, 0.2) is 16.9 Å². The number of aromatic amines is 1. The molecule has 0 saturated carbocycles. The van der Waals surface area contributed by atoms with Crippen LogP contribution >= 0.6 is 0 Å². The highest BCUT2D eigenvalue weighted by Crippen LogP contribution is 2.29. The Hall–Kier alpha value is -1.62. The van der Waals surface area contributed by atoms with Crippen molar-refractivity contribution in [3.8, 4) is 0 Å². The number of hydrogen-bond acceptors (Lipinski definition) is 3. The number of nitrogens with one attached hydrogen (secondary N) is 3. The quantitative estimate of drug-likeness (QED) is 0.777. The topological polar surface area (TPSA) is 74.0 Å². The van der Waals surface area contributed by atoms with Crippen molar-refractivity contribution in [1.82, 2.24) is 15.6 Å². The van der Waals surface area contributed by atoms with Crippen LogP contribution in [-0.4, -0.2) is 30.0 Å². The van der Waals surface area contributed by atoms with Gasteiger partial charge in [0.2, 0.25) is 0 Å². The molecular formula is C15H23N3O2. The molecule has 1 aliphatic rings. The van der Waals surface area contributed by atoms with Crippen LogP contribution in [0.25, 0.3) is 0 Å². The SMILES string of the molecule is Cc1ccc(C(=O)NCC2NCCCC2(C)C)c(=O)[nH]1. The number of pyridine rings is 1. The summed E-state index contributed by atoms with van der Waals surface area (Å²) in [5, 5.41) is 6.30. The number of amides is 1. The van der Waals surface area contributed by atoms with Crippen molar-refractivity contribution in [3.63, 3.8) is 0 Å². The van der Waals surface area contributed by atoms with Crippen molar-refractivity contribution in [3.05, 3.63) is 33.7 Å². The highest BCUT2D eigenvalue weighted by atomic mass is 16.2. The fourth-order valence-corrected chi connectivity index (χ4v) is 2.66. The molecule has 1 aromatic rings. The van der Waals surface area contributed by atoms with Crippen LogP contribution in [0.5, 0.6) is 0 Å². The first-order chi connectivity index (χ1) is 9.40. The molecule has 110 valence electrons. The lowest BCUT2D eigenvalue weighted by Gasteiger charge is -2.39. The Morgan fingerprint density at radius 2 is 2.20 bits per heavy atom. The molecular weight excluding hydrogens is 254 g/mol. The Morgan fingerprint density at radius 1 is 1.45 bits per heavy atom. The maximum absolute atomic E-state index is 12.1. The van der Waals surface area contributed by atoms with Crippen molar-refractivity contribution in [2.75, 3.05) is 13.1 Å². The summed E-state index contributed by atoms with van der Waals surface area (Å²) in [4.78, 5) is 26.4. The Morgan fingerprint density at radius 3 is 2.85 bits per heavy atom. The third kappa shape index (κ3) is 3.28. The normalized spacial score (nSPS) is 21.4. The van der Waals surface area contributed by atoms with E-state index < -0.39 is 0 Å². The second kappa shape index (κ2) is 5.79. The van der Waals surface area contributed by atoms with Gasteiger partial charge in [-0.2, -0.15) is 0 Å². The van der Waals surface area contributed by atoms with Gasteiger partial charge in [-0.15, -0.1) is 0 Å². The molecule has 0 spiro atoms. The molecule has 0 aromatic carbocycles. The van der Waals surface area contributed by atoms with E-state index in [1.54, 1.807) is 19.1 Å². The Balaban J connectivity index is 2.00. The Kier molecular flexibility index (Phi) is 4.28. The van der Waals surface area contributed by atoms with Crippen molar-refractivity contribution in [2.45, 2.75) is 39.7 Å². The van der Waals surface area contributed by atoms with Crippen molar-refractivity contribution < 1.29 is 4.79 Å². The van der Waals surface area contributed by atoms with Gasteiger partial charge in [0.25, 0.3) is 11.5 Å². The van der Waals surface area contributed by atoms with Crippen molar-refractivity contribution in [2.24, 2.45) is 5.41 Å². The molecule has 1 aromatic heterocycles. The summed E-state index contributed by atoms with van der Waals surface area (Å²) in [5.41, 5.74) is 0.745. The van der Waals surface area contributed by atoms with E-state index in [0.717, 1.165) is 25.1 Å². The van der Waals surface area contributed by atoms with Crippen LogP contribution in [0, 0.1) is 12.3 Å². The number of hydrogen-bond donors (Lipinski definition) is 3. The van der Waals surface area contributed by atoms with Gasteiger partial charge in [-0.1, -0.05) is 13.8 Å². The molecule has 2 heterocycles. The molecule has 1 amide bonds. The van der Waals surface area contributed by atoms with E-state index in [0.29, 0.717) is 6.54 Å². The molecule has 1 fully saturated rings. The number of carbonyl (C=O) groups excluding carboxylic acids is 1. The van der Waals surface area contributed by atoms with Crippen LogP contribution in [0.2, 0.25) is 0 Å². The number of rotatable bonds is 3. The van der Waals surface area contributed by atoms with Gasteiger partial charge in [0.05, 0.1) is 0 Å². The molecule has 3 N–H and O–H groups in total. The molecule has 5 nitrogen and oxygen atoms in total. The van der Waals surface area contributed by atoms with Gasteiger partial charge in [-0.25, -0.2) is 0 Å². The van der Waals surface area contributed by atoms with Crippen LogP contribution in [0.4, 0.5) is 0 Å². The fourth-order valence-electron chi connectivity index (χ4n) is 2.66. The molecule has 1 unspecified atom stereocenters. The van der Waals surface area contributed by atoms with Gasteiger partial charge < -0.3 is 15.6 Å². The lowest BCUT2D eigenvalue weighted by Crippen LogP contribution is -2.53. The first-order valence-electron chi connectivity index (χ1n) is 7.12. The summed E-state index contributed by atoms with van der Waals surface area (Å²) in [6, 6.07) is 3.55. The van der Waals surface area contributed by atoms with Crippen LogP contribution < -0.4 is 16.2 Å². The molecule has 20 heavy (non-hydrogen) atoms. The second-order valence-corrected chi connectivity index (χ2v) is 6.19. The first-order valence-corrected chi connectivity index (χ1v) is 7.12. The van der Waals surface area contributed by atoms with E-state index in [1.165, 1.54) is 0 Å². The van der Waals surface area contributed by atoms with Crippen LogP contribution in [0.1, 0.15) is 42.7 Å². The lowest BCUT2D eigenvalue weighted by molar-refractivity contribution is 0.0927.